The molecule has 0 spiro atoms. The molecule has 2 rings (SSSR count). The van der Waals surface area contributed by atoms with Gasteiger partial charge in [0, 0.05) is 25.7 Å². The maximum absolute atomic E-state index is 13.0. The predicted molar refractivity (Wildman–Crippen MR) is 84.6 cm³/mol. The third kappa shape index (κ3) is 4.00. The lowest BCUT2D eigenvalue weighted by atomic mass is 10.2. The van der Waals surface area contributed by atoms with Crippen molar-refractivity contribution in [2.45, 2.75) is 51.9 Å². The molecule has 2 heterocycles. The summed E-state index contributed by atoms with van der Waals surface area (Å²) in [7, 11) is -6.78. The van der Waals surface area contributed by atoms with Crippen LogP contribution >= 0.6 is 0 Å². The highest BCUT2D eigenvalue weighted by Crippen LogP contribution is 2.25. The van der Waals surface area contributed by atoms with Crippen molar-refractivity contribution in [1.29, 1.82) is 0 Å². The van der Waals surface area contributed by atoms with E-state index in [-0.39, 0.29) is 23.7 Å². The average molecular weight is 354 g/mol. The van der Waals surface area contributed by atoms with Crippen LogP contribution in [0.25, 0.3) is 0 Å². The SMILES string of the molecule is CCCN(C1CCS(=O)(=O)C1)S(=O)(=O)N1CC(C)OC(C)C1. The Labute approximate surface area is 133 Å². The Bertz CT molecular complexity index is 580. The summed E-state index contributed by atoms with van der Waals surface area (Å²) in [4.78, 5) is 0. The van der Waals surface area contributed by atoms with Crippen LogP contribution in [0.3, 0.4) is 0 Å². The molecule has 0 aromatic rings. The third-order valence-corrected chi connectivity index (χ3v) is 7.84. The molecule has 0 aromatic heterocycles. The van der Waals surface area contributed by atoms with Crippen LogP contribution in [0.15, 0.2) is 0 Å². The zero-order chi connectivity index (χ0) is 16.5. The van der Waals surface area contributed by atoms with Gasteiger partial charge < -0.3 is 4.74 Å². The molecule has 0 aliphatic carbocycles. The molecule has 130 valence electrons. The molecule has 2 aliphatic heterocycles. The first-order valence-electron chi connectivity index (χ1n) is 7.78. The third-order valence-electron chi connectivity index (χ3n) is 4.07. The highest BCUT2D eigenvalue weighted by atomic mass is 32.2. The first-order chi connectivity index (χ1) is 10.2. The first kappa shape index (κ1) is 18.1. The fraction of sp³-hybridized carbons (Fsp3) is 1.00. The summed E-state index contributed by atoms with van der Waals surface area (Å²) in [6.07, 6.45) is 0.728. The number of rotatable bonds is 5. The van der Waals surface area contributed by atoms with Crippen molar-refractivity contribution in [3.05, 3.63) is 0 Å². The summed E-state index contributed by atoms with van der Waals surface area (Å²) in [6, 6.07) is -0.441. The lowest BCUT2D eigenvalue weighted by Gasteiger charge is -2.38. The second kappa shape index (κ2) is 6.72. The van der Waals surface area contributed by atoms with Crippen LogP contribution in [0.1, 0.15) is 33.6 Å². The smallest absolute Gasteiger partial charge is 0.282 e. The van der Waals surface area contributed by atoms with Gasteiger partial charge in [-0.3, -0.25) is 0 Å². The normalized spacial score (nSPS) is 33.4. The van der Waals surface area contributed by atoms with Crippen LogP contribution in [0, 0.1) is 0 Å². The van der Waals surface area contributed by atoms with Gasteiger partial charge in [-0.2, -0.15) is 17.0 Å². The summed E-state index contributed by atoms with van der Waals surface area (Å²) in [6.45, 7) is 6.57. The number of morpholine rings is 1. The number of ether oxygens (including phenoxy) is 1. The molecule has 9 heteroatoms. The van der Waals surface area contributed by atoms with Gasteiger partial charge in [-0.05, 0) is 26.7 Å². The van der Waals surface area contributed by atoms with E-state index >= 15 is 0 Å². The highest BCUT2D eigenvalue weighted by molar-refractivity contribution is 7.91. The average Bonchev–Trinajstić information content (AvgIpc) is 2.74. The molecular weight excluding hydrogens is 328 g/mol. The minimum Gasteiger partial charge on any atom is -0.373 e. The van der Waals surface area contributed by atoms with E-state index in [2.05, 4.69) is 0 Å². The van der Waals surface area contributed by atoms with E-state index in [1.165, 1.54) is 8.61 Å². The standard InChI is InChI=1S/C13H26N2O5S2/c1-4-6-15(13-5-7-21(16,17)10-13)22(18,19)14-8-11(2)20-12(3)9-14/h11-13H,4-10H2,1-3H3. The summed E-state index contributed by atoms with van der Waals surface area (Å²) in [5.41, 5.74) is 0. The van der Waals surface area contributed by atoms with Crippen molar-refractivity contribution in [3.8, 4) is 0 Å². The molecular formula is C13H26N2O5S2. The molecule has 0 amide bonds. The van der Waals surface area contributed by atoms with E-state index in [1.807, 2.05) is 20.8 Å². The van der Waals surface area contributed by atoms with Gasteiger partial charge in [-0.15, -0.1) is 0 Å². The molecule has 3 atom stereocenters. The molecule has 2 aliphatic rings. The predicted octanol–water partition coefficient (Wildman–Crippen LogP) is 0.240. The summed E-state index contributed by atoms with van der Waals surface area (Å²) in [5, 5.41) is 0. The van der Waals surface area contributed by atoms with E-state index < -0.39 is 26.1 Å². The number of nitrogens with zero attached hydrogens (tertiary/aromatic N) is 2. The fourth-order valence-electron chi connectivity index (χ4n) is 3.18. The number of hydrogen-bond donors (Lipinski definition) is 0. The Hall–Kier alpha value is -0.220. The Balaban J connectivity index is 2.22. The molecule has 0 saturated carbocycles. The first-order valence-corrected chi connectivity index (χ1v) is 11.0. The Morgan fingerprint density at radius 2 is 1.82 bits per heavy atom. The van der Waals surface area contributed by atoms with Crippen molar-refractivity contribution < 1.29 is 21.6 Å². The zero-order valence-electron chi connectivity index (χ0n) is 13.4. The van der Waals surface area contributed by atoms with Crippen LogP contribution in [0.4, 0.5) is 0 Å². The van der Waals surface area contributed by atoms with Gasteiger partial charge in [0.25, 0.3) is 10.2 Å². The molecule has 7 nitrogen and oxygen atoms in total. The van der Waals surface area contributed by atoms with Crippen LogP contribution < -0.4 is 0 Å². The van der Waals surface area contributed by atoms with E-state index in [1.54, 1.807) is 0 Å². The molecule has 0 radical (unpaired) electrons. The van der Waals surface area contributed by atoms with E-state index in [0.29, 0.717) is 32.5 Å². The maximum atomic E-state index is 13.0. The molecule has 22 heavy (non-hydrogen) atoms. The van der Waals surface area contributed by atoms with Crippen LogP contribution in [0.5, 0.6) is 0 Å². The van der Waals surface area contributed by atoms with Gasteiger partial charge in [0.05, 0.1) is 23.7 Å². The molecule has 0 bridgehead atoms. The van der Waals surface area contributed by atoms with Crippen LogP contribution in [-0.2, 0) is 24.8 Å². The minimum atomic E-state index is -3.66. The van der Waals surface area contributed by atoms with Crippen LogP contribution in [-0.4, -0.2) is 74.8 Å². The van der Waals surface area contributed by atoms with Crippen molar-refractivity contribution in [2.24, 2.45) is 0 Å². The topological polar surface area (TPSA) is 84.0 Å². The molecule has 0 aromatic carbocycles. The van der Waals surface area contributed by atoms with Gasteiger partial charge in [0.15, 0.2) is 9.84 Å². The van der Waals surface area contributed by atoms with Gasteiger partial charge in [-0.1, -0.05) is 6.92 Å². The molecule has 2 fully saturated rings. The highest BCUT2D eigenvalue weighted by Gasteiger charge is 2.42. The summed E-state index contributed by atoms with van der Waals surface area (Å²) in [5.74, 6) is 0.00496. The monoisotopic (exact) mass is 354 g/mol. The van der Waals surface area contributed by atoms with Gasteiger partial charge in [-0.25, -0.2) is 8.42 Å². The molecule has 0 N–H and O–H groups in total. The van der Waals surface area contributed by atoms with Crippen molar-refractivity contribution >= 4 is 20.0 Å². The zero-order valence-corrected chi connectivity index (χ0v) is 15.1. The van der Waals surface area contributed by atoms with Crippen molar-refractivity contribution in [1.82, 2.24) is 8.61 Å². The fourth-order valence-corrected chi connectivity index (χ4v) is 7.06. The number of hydrogen-bond acceptors (Lipinski definition) is 5. The quantitative estimate of drug-likeness (QED) is 0.706. The second-order valence-electron chi connectivity index (χ2n) is 6.25. The molecule has 2 saturated heterocycles. The van der Waals surface area contributed by atoms with E-state index in [9.17, 15) is 16.8 Å². The van der Waals surface area contributed by atoms with E-state index in [4.69, 9.17) is 4.74 Å². The van der Waals surface area contributed by atoms with Gasteiger partial charge in [0.2, 0.25) is 0 Å². The second-order valence-corrected chi connectivity index (χ2v) is 10.4. The number of sulfone groups is 1. The Morgan fingerprint density at radius 3 is 2.27 bits per heavy atom. The Morgan fingerprint density at radius 1 is 1.23 bits per heavy atom. The van der Waals surface area contributed by atoms with Crippen LogP contribution in [0.2, 0.25) is 0 Å². The minimum absolute atomic E-state index is 0.0678. The maximum Gasteiger partial charge on any atom is 0.282 e. The van der Waals surface area contributed by atoms with E-state index in [0.717, 1.165) is 0 Å². The summed E-state index contributed by atoms with van der Waals surface area (Å²) < 4.78 is 57.8. The molecule has 3 unspecified atom stereocenters. The lowest BCUT2D eigenvalue weighted by molar-refractivity contribution is -0.0457. The largest absolute Gasteiger partial charge is 0.373 e. The Kier molecular flexibility index (Phi) is 5.54. The van der Waals surface area contributed by atoms with Gasteiger partial charge >= 0.3 is 0 Å². The van der Waals surface area contributed by atoms with Crippen molar-refractivity contribution in [3.63, 3.8) is 0 Å². The summed E-state index contributed by atoms with van der Waals surface area (Å²) >= 11 is 0. The van der Waals surface area contributed by atoms with Gasteiger partial charge in [0.1, 0.15) is 0 Å². The lowest BCUT2D eigenvalue weighted by Crippen LogP contribution is -2.55. The van der Waals surface area contributed by atoms with Crippen molar-refractivity contribution in [2.75, 3.05) is 31.1 Å².